The number of sulfonamides is 1. The highest BCUT2D eigenvalue weighted by Crippen LogP contribution is 2.28. The minimum atomic E-state index is -4.15. The normalized spacial score (nSPS) is 11.4. The van der Waals surface area contributed by atoms with Gasteiger partial charge in [-0.3, -0.25) is 4.72 Å². The minimum absolute atomic E-state index is 0.0594. The van der Waals surface area contributed by atoms with Gasteiger partial charge in [0.05, 0.1) is 21.4 Å². The van der Waals surface area contributed by atoms with E-state index in [9.17, 15) is 17.2 Å². The molecule has 4 nitrogen and oxygen atoms in total. The summed E-state index contributed by atoms with van der Waals surface area (Å²) in [6.07, 6.45) is 0. The molecule has 0 fully saturated rings. The van der Waals surface area contributed by atoms with Crippen molar-refractivity contribution < 1.29 is 17.2 Å². The van der Waals surface area contributed by atoms with Gasteiger partial charge in [-0.15, -0.1) is 0 Å². The number of halogens is 4. The lowest BCUT2D eigenvalue weighted by Crippen LogP contribution is -2.14. The summed E-state index contributed by atoms with van der Waals surface area (Å²) in [7, 11) is -4.15. The second-order valence-corrected chi connectivity index (χ2v) is 6.50. The molecule has 2 rings (SSSR count). The van der Waals surface area contributed by atoms with E-state index in [2.05, 4.69) is 4.72 Å². The molecule has 112 valence electrons. The van der Waals surface area contributed by atoms with Crippen LogP contribution in [0, 0.1) is 11.6 Å². The van der Waals surface area contributed by atoms with Gasteiger partial charge in [0.1, 0.15) is 16.5 Å². The Hall–Kier alpha value is -1.57. The van der Waals surface area contributed by atoms with Gasteiger partial charge in [-0.2, -0.15) is 0 Å². The third-order valence-corrected chi connectivity index (χ3v) is 4.67. The van der Waals surface area contributed by atoms with E-state index in [-0.39, 0.29) is 21.4 Å². The smallest absolute Gasteiger partial charge is 0.263 e. The summed E-state index contributed by atoms with van der Waals surface area (Å²) in [5.41, 5.74) is 4.89. The summed E-state index contributed by atoms with van der Waals surface area (Å²) >= 11 is 11.2. The average Bonchev–Trinajstić information content (AvgIpc) is 2.37. The Labute approximate surface area is 129 Å². The van der Waals surface area contributed by atoms with Crippen LogP contribution in [0.1, 0.15) is 0 Å². The fraction of sp³-hybridized carbons (Fsp3) is 0. The van der Waals surface area contributed by atoms with E-state index in [1.165, 1.54) is 12.1 Å². The summed E-state index contributed by atoms with van der Waals surface area (Å²) in [6.45, 7) is 0. The predicted molar refractivity (Wildman–Crippen MR) is 78.0 cm³/mol. The molecule has 0 aliphatic rings. The van der Waals surface area contributed by atoms with Gasteiger partial charge in [0.2, 0.25) is 0 Å². The summed E-state index contributed by atoms with van der Waals surface area (Å²) in [4.78, 5) is -0.418. The van der Waals surface area contributed by atoms with Gasteiger partial charge in [-0.1, -0.05) is 23.2 Å². The summed E-state index contributed by atoms with van der Waals surface area (Å²) < 4.78 is 52.9. The second-order valence-electron chi connectivity index (χ2n) is 4.04. The molecule has 2 aromatic carbocycles. The quantitative estimate of drug-likeness (QED) is 0.828. The second kappa shape index (κ2) is 5.67. The Bertz CT molecular complexity index is 813. The molecule has 9 heteroatoms. The molecular formula is C12H8Cl2F2N2O2S. The van der Waals surface area contributed by atoms with Crippen LogP contribution in [0.5, 0.6) is 0 Å². The molecule has 0 aliphatic heterocycles. The highest BCUT2D eigenvalue weighted by atomic mass is 35.5. The summed E-state index contributed by atoms with van der Waals surface area (Å²) in [5.74, 6) is -1.63. The van der Waals surface area contributed by atoms with Crippen molar-refractivity contribution in [2.24, 2.45) is 0 Å². The number of anilines is 2. The van der Waals surface area contributed by atoms with Gasteiger partial charge in [0.15, 0.2) is 0 Å². The maximum Gasteiger partial charge on any atom is 0.263 e. The van der Waals surface area contributed by atoms with Crippen LogP contribution in [0.2, 0.25) is 10.0 Å². The summed E-state index contributed by atoms with van der Waals surface area (Å²) in [6, 6.07) is 5.03. The topological polar surface area (TPSA) is 72.2 Å². The van der Waals surface area contributed by atoms with Gasteiger partial charge in [0, 0.05) is 0 Å². The molecule has 0 spiro atoms. The first kappa shape index (κ1) is 15.8. The standard InChI is InChI=1S/C12H8Cl2F2N2O2S/c13-7-2-1-6(3-9(7)15)18-21(19,20)12-5-11(17)10(16)4-8(12)14/h1-5,18H,17H2. The average molecular weight is 353 g/mol. The lowest BCUT2D eigenvalue weighted by molar-refractivity contribution is 0.600. The van der Waals surface area contributed by atoms with Gasteiger partial charge >= 0.3 is 0 Å². The van der Waals surface area contributed by atoms with E-state index < -0.39 is 26.6 Å². The monoisotopic (exact) mass is 352 g/mol. The van der Waals surface area contributed by atoms with Gasteiger partial charge < -0.3 is 5.73 Å². The van der Waals surface area contributed by atoms with E-state index in [1.807, 2.05) is 0 Å². The Balaban J connectivity index is 2.43. The van der Waals surface area contributed by atoms with Gasteiger partial charge in [0.25, 0.3) is 10.0 Å². The van der Waals surface area contributed by atoms with Crippen LogP contribution in [0.25, 0.3) is 0 Å². The first-order chi connectivity index (χ1) is 9.70. The molecular weight excluding hydrogens is 345 g/mol. The zero-order valence-corrected chi connectivity index (χ0v) is 12.5. The van der Waals surface area contributed by atoms with Crippen LogP contribution in [0.4, 0.5) is 20.2 Å². The fourth-order valence-electron chi connectivity index (χ4n) is 1.52. The maximum atomic E-state index is 13.3. The molecule has 0 saturated carbocycles. The van der Waals surface area contributed by atoms with Crippen LogP contribution >= 0.6 is 23.2 Å². The van der Waals surface area contributed by atoms with Crippen molar-refractivity contribution in [1.82, 2.24) is 0 Å². The molecule has 0 heterocycles. The molecule has 0 aromatic heterocycles. The van der Waals surface area contributed by atoms with E-state index >= 15 is 0 Å². The number of hydrogen-bond acceptors (Lipinski definition) is 3. The molecule has 0 bridgehead atoms. The highest BCUT2D eigenvalue weighted by Gasteiger charge is 2.20. The third kappa shape index (κ3) is 3.37. The summed E-state index contributed by atoms with van der Waals surface area (Å²) in [5, 5.41) is -0.495. The lowest BCUT2D eigenvalue weighted by atomic mass is 10.3. The molecule has 0 aliphatic carbocycles. The zero-order chi connectivity index (χ0) is 15.8. The van der Waals surface area contributed by atoms with Crippen molar-refractivity contribution in [3.63, 3.8) is 0 Å². The highest BCUT2D eigenvalue weighted by molar-refractivity contribution is 7.92. The number of rotatable bonds is 3. The van der Waals surface area contributed by atoms with Gasteiger partial charge in [-0.05, 0) is 30.3 Å². The molecule has 2 aromatic rings. The molecule has 0 atom stereocenters. The minimum Gasteiger partial charge on any atom is -0.396 e. The van der Waals surface area contributed by atoms with E-state index in [0.717, 1.165) is 18.2 Å². The Morgan fingerprint density at radius 1 is 1.00 bits per heavy atom. The molecule has 3 N–H and O–H groups in total. The number of nitrogens with two attached hydrogens (primary N) is 1. The molecule has 0 amide bonds. The van der Waals surface area contributed by atoms with Crippen molar-refractivity contribution >= 4 is 44.6 Å². The third-order valence-electron chi connectivity index (χ3n) is 2.51. The van der Waals surface area contributed by atoms with Crippen molar-refractivity contribution in [3.05, 3.63) is 52.0 Å². The first-order valence-corrected chi connectivity index (χ1v) is 7.67. The molecule has 0 radical (unpaired) electrons. The van der Waals surface area contributed by atoms with Crippen LogP contribution in [-0.4, -0.2) is 8.42 Å². The van der Waals surface area contributed by atoms with Crippen LogP contribution < -0.4 is 10.5 Å². The van der Waals surface area contributed by atoms with Crippen LogP contribution in [0.3, 0.4) is 0 Å². The molecule has 0 unspecified atom stereocenters. The van der Waals surface area contributed by atoms with Crippen LogP contribution in [-0.2, 0) is 10.0 Å². The zero-order valence-electron chi connectivity index (χ0n) is 10.2. The number of nitrogens with one attached hydrogen (secondary N) is 1. The Morgan fingerprint density at radius 2 is 1.67 bits per heavy atom. The fourth-order valence-corrected chi connectivity index (χ4v) is 3.24. The van der Waals surface area contributed by atoms with Crippen molar-refractivity contribution in [2.75, 3.05) is 10.5 Å². The van der Waals surface area contributed by atoms with Crippen molar-refractivity contribution in [3.8, 4) is 0 Å². The van der Waals surface area contributed by atoms with E-state index in [0.29, 0.717) is 0 Å². The van der Waals surface area contributed by atoms with Crippen molar-refractivity contribution in [1.29, 1.82) is 0 Å². The predicted octanol–water partition coefficient (Wildman–Crippen LogP) is 3.65. The Morgan fingerprint density at radius 3 is 2.29 bits per heavy atom. The SMILES string of the molecule is Nc1cc(S(=O)(=O)Nc2ccc(Cl)c(F)c2)c(Cl)cc1F. The van der Waals surface area contributed by atoms with E-state index in [1.54, 1.807) is 0 Å². The largest absolute Gasteiger partial charge is 0.396 e. The number of benzene rings is 2. The lowest BCUT2D eigenvalue weighted by Gasteiger charge is -2.11. The van der Waals surface area contributed by atoms with Crippen molar-refractivity contribution in [2.45, 2.75) is 4.90 Å². The number of hydrogen-bond donors (Lipinski definition) is 2. The van der Waals surface area contributed by atoms with E-state index in [4.69, 9.17) is 28.9 Å². The Kier molecular flexibility index (Phi) is 4.27. The number of nitrogen functional groups attached to an aromatic ring is 1. The molecule has 0 saturated heterocycles. The molecule has 21 heavy (non-hydrogen) atoms. The first-order valence-electron chi connectivity index (χ1n) is 5.43. The van der Waals surface area contributed by atoms with Gasteiger partial charge in [-0.25, -0.2) is 17.2 Å². The van der Waals surface area contributed by atoms with Crippen LogP contribution in [0.15, 0.2) is 35.2 Å². The maximum absolute atomic E-state index is 13.3.